The van der Waals surface area contributed by atoms with Crippen LogP contribution in [0.25, 0.3) is 10.9 Å². The standard InChI is InChI=1S/C28H28N4O2/c1-19-24(8-4-10-26(19)34-32-28(33)22-7-5-17-29-18-22)20-11-14-23(15-12-20)30-27-16-13-21-6-2-3-9-25(21)31-27/h2-10,13,16-18,20,23H,11-12,14-15H2,1H3,(H,30,31)(H,32,33). The molecule has 0 saturated heterocycles. The van der Waals surface area contributed by atoms with E-state index >= 15 is 0 Å². The Morgan fingerprint density at radius 2 is 1.79 bits per heavy atom. The fraction of sp³-hybridized carbons (Fsp3) is 0.250. The molecule has 2 N–H and O–H groups in total. The van der Waals surface area contributed by atoms with Gasteiger partial charge in [0.15, 0.2) is 5.75 Å². The molecule has 2 aromatic heterocycles. The zero-order chi connectivity index (χ0) is 23.3. The minimum atomic E-state index is -0.313. The topological polar surface area (TPSA) is 76.1 Å². The number of fused-ring (bicyclic) bond motifs is 1. The lowest BCUT2D eigenvalue weighted by Crippen LogP contribution is -2.28. The van der Waals surface area contributed by atoms with Gasteiger partial charge in [-0.15, -0.1) is 0 Å². The van der Waals surface area contributed by atoms with Crippen LogP contribution in [-0.4, -0.2) is 21.9 Å². The number of anilines is 1. The molecule has 0 radical (unpaired) electrons. The predicted octanol–water partition coefficient (Wildman–Crippen LogP) is 5.80. The van der Waals surface area contributed by atoms with Gasteiger partial charge in [0.2, 0.25) is 0 Å². The van der Waals surface area contributed by atoms with Gasteiger partial charge in [-0.25, -0.2) is 4.98 Å². The van der Waals surface area contributed by atoms with E-state index in [2.05, 4.69) is 53.0 Å². The number of amides is 1. The van der Waals surface area contributed by atoms with Crippen LogP contribution in [0.4, 0.5) is 5.82 Å². The summed E-state index contributed by atoms with van der Waals surface area (Å²) < 4.78 is 0. The van der Waals surface area contributed by atoms with Crippen LogP contribution in [0.5, 0.6) is 5.75 Å². The molecule has 0 spiro atoms. The summed E-state index contributed by atoms with van der Waals surface area (Å²) in [6.07, 6.45) is 7.51. The molecular weight excluding hydrogens is 424 g/mol. The molecule has 1 fully saturated rings. The number of aromatic nitrogens is 2. The molecule has 1 aliphatic carbocycles. The van der Waals surface area contributed by atoms with Gasteiger partial charge >= 0.3 is 0 Å². The number of carbonyl (C=O) groups excluding carboxylic acids is 1. The van der Waals surface area contributed by atoms with Crippen LogP contribution in [-0.2, 0) is 0 Å². The molecule has 1 aliphatic rings. The van der Waals surface area contributed by atoms with Crippen LogP contribution in [0.2, 0.25) is 0 Å². The molecule has 6 nitrogen and oxygen atoms in total. The van der Waals surface area contributed by atoms with Gasteiger partial charge in [0.1, 0.15) is 5.82 Å². The molecular formula is C28H28N4O2. The van der Waals surface area contributed by atoms with Crippen molar-refractivity contribution in [3.05, 3.63) is 95.8 Å². The number of pyridine rings is 2. The van der Waals surface area contributed by atoms with Crippen molar-refractivity contribution in [2.45, 2.75) is 44.6 Å². The molecule has 0 bridgehead atoms. The molecule has 4 aromatic rings. The Labute approximate surface area is 199 Å². The van der Waals surface area contributed by atoms with Gasteiger partial charge in [0, 0.05) is 23.8 Å². The lowest BCUT2D eigenvalue weighted by atomic mass is 9.80. The van der Waals surface area contributed by atoms with Gasteiger partial charge in [0.05, 0.1) is 11.1 Å². The van der Waals surface area contributed by atoms with Crippen molar-refractivity contribution in [2.75, 3.05) is 5.32 Å². The van der Waals surface area contributed by atoms with Crippen molar-refractivity contribution >= 4 is 22.6 Å². The molecule has 0 aliphatic heterocycles. The number of nitrogens with one attached hydrogen (secondary N) is 2. The lowest BCUT2D eigenvalue weighted by molar-refractivity contribution is 0.0758. The molecule has 34 heavy (non-hydrogen) atoms. The molecule has 1 saturated carbocycles. The molecule has 0 unspecified atom stereocenters. The Morgan fingerprint density at radius 1 is 0.941 bits per heavy atom. The molecule has 1 amide bonds. The summed E-state index contributed by atoms with van der Waals surface area (Å²) in [4.78, 5) is 26.7. The van der Waals surface area contributed by atoms with Crippen molar-refractivity contribution in [1.29, 1.82) is 0 Å². The van der Waals surface area contributed by atoms with Gasteiger partial charge in [-0.2, -0.15) is 5.48 Å². The first-order valence-electron chi connectivity index (χ1n) is 11.8. The number of hydrogen-bond acceptors (Lipinski definition) is 5. The Hall–Kier alpha value is -3.93. The number of para-hydroxylation sites is 1. The zero-order valence-electron chi connectivity index (χ0n) is 19.2. The van der Waals surface area contributed by atoms with Crippen molar-refractivity contribution < 1.29 is 9.63 Å². The second-order valence-electron chi connectivity index (χ2n) is 8.83. The highest BCUT2D eigenvalue weighted by Crippen LogP contribution is 2.37. The number of benzene rings is 2. The van der Waals surface area contributed by atoms with Crippen LogP contribution in [0.1, 0.15) is 53.1 Å². The number of rotatable bonds is 6. The fourth-order valence-corrected chi connectivity index (χ4v) is 4.75. The first kappa shape index (κ1) is 21.9. The first-order chi connectivity index (χ1) is 16.7. The highest BCUT2D eigenvalue weighted by molar-refractivity contribution is 5.93. The number of carbonyl (C=O) groups is 1. The zero-order valence-corrected chi connectivity index (χ0v) is 19.2. The SMILES string of the molecule is Cc1c(ONC(=O)c2cccnc2)cccc1C1CCC(Nc2ccc3ccccc3n2)CC1. The summed E-state index contributed by atoms with van der Waals surface area (Å²) in [5.74, 6) is 1.78. The van der Waals surface area contributed by atoms with Crippen LogP contribution in [0, 0.1) is 6.92 Å². The van der Waals surface area contributed by atoms with Crippen molar-refractivity contribution in [3.63, 3.8) is 0 Å². The number of hydroxylamine groups is 1. The van der Waals surface area contributed by atoms with Crippen molar-refractivity contribution in [1.82, 2.24) is 15.4 Å². The van der Waals surface area contributed by atoms with Crippen molar-refractivity contribution in [2.24, 2.45) is 0 Å². The summed E-state index contributed by atoms with van der Waals surface area (Å²) in [6.45, 7) is 2.06. The quantitative estimate of drug-likeness (QED) is 0.362. The van der Waals surface area contributed by atoms with E-state index in [0.717, 1.165) is 48.0 Å². The Morgan fingerprint density at radius 3 is 2.62 bits per heavy atom. The second-order valence-corrected chi connectivity index (χ2v) is 8.83. The fourth-order valence-electron chi connectivity index (χ4n) is 4.75. The van der Waals surface area contributed by atoms with Gasteiger partial charge in [0.25, 0.3) is 5.91 Å². The minimum Gasteiger partial charge on any atom is -0.379 e. The third-order valence-electron chi connectivity index (χ3n) is 6.62. The van der Waals surface area contributed by atoms with E-state index in [-0.39, 0.29) is 5.91 Å². The summed E-state index contributed by atoms with van der Waals surface area (Å²) in [6, 6.07) is 22.3. The van der Waals surface area contributed by atoms with Crippen LogP contribution < -0.4 is 15.6 Å². The number of hydrogen-bond donors (Lipinski definition) is 2. The van der Waals surface area contributed by atoms with Gasteiger partial charge in [-0.1, -0.05) is 30.3 Å². The van der Waals surface area contributed by atoms with E-state index < -0.39 is 0 Å². The lowest BCUT2D eigenvalue weighted by Gasteiger charge is -2.30. The summed E-state index contributed by atoms with van der Waals surface area (Å²) in [5.41, 5.74) is 6.37. The highest BCUT2D eigenvalue weighted by atomic mass is 16.7. The monoisotopic (exact) mass is 452 g/mol. The first-order valence-corrected chi connectivity index (χ1v) is 11.8. The second kappa shape index (κ2) is 9.91. The van der Waals surface area contributed by atoms with Crippen LogP contribution in [0.15, 0.2) is 79.1 Å². The maximum Gasteiger partial charge on any atom is 0.285 e. The van der Waals surface area contributed by atoms with Gasteiger partial charge in [-0.3, -0.25) is 9.78 Å². The van der Waals surface area contributed by atoms with E-state index in [1.165, 1.54) is 11.8 Å². The molecule has 2 aromatic carbocycles. The van der Waals surface area contributed by atoms with Gasteiger partial charge < -0.3 is 10.2 Å². The third-order valence-corrected chi connectivity index (χ3v) is 6.62. The molecule has 5 rings (SSSR count). The van der Waals surface area contributed by atoms with E-state index in [0.29, 0.717) is 23.3 Å². The Balaban J connectivity index is 1.19. The van der Waals surface area contributed by atoms with Crippen LogP contribution >= 0.6 is 0 Å². The Kier molecular flexibility index (Phi) is 6.38. The summed E-state index contributed by atoms with van der Waals surface area (Å²) >= 11 is 0. The molecule has 2 heterocycles. The summed E-state index contributed by atoms with van der Waals surface area (Å²) in [7, 11) is 0. The van der Waals surface area contributed by atoms with E-state index in [1.807, 2.05) is 24.3 Å². The minimum absolute atomic E-state index is 0.313. The summed E-state index contributed by atoms with van der Waals surface area (Å²) in [5, 5.41) is 4.79. The smallest absolute Gasteiger partial charge is 0.285 e. The average molecular weight is 453 g/mol. The predicted molar refractivity (Wildman–Crippen MR) is 134 cm³/mol. The van der Waals surface area contributed by atoms with Gasteiger partial charge in [-0.05, 0) is 86.1 Å². The Bertz CT molecular complexity index is 1280. The van der Waals surface area contributed by atoms with Crippen molar-refractivity contribution in [3.8, 4) is 5.75 Å². The normalized spacial score (nSPS) is 17.8. The van der Waals surface area contributed by atoms with Crippen LogP contribution in [0.3, 0.4) is 0 Å². The maximum atomic E-state index is 12.3. The maximum absolute atomic E-state index is 12.3. The average Bonchev–Trinajstić information content (AvgIpc) is 2.89. The number of nitrogens with zero attached hydrogens (tertiary/aromatic N) is 2. The van der Waals surface area contributed by atoms with E-state index in [9.17, 15) is 4.79 Å². The largest absolute Gasteiger partial charge is 0.379 e. The van der Waals surface area contributed by atoms with E-state index in [4.69, 9.17) is 9.82 Å². The highest BCUT2D eigenvalue weighted by Gasteiger charge is 2.24. The molecule has 6 heteroatoms. The van der Waals surface area contributed by atoms with E-state index in [1.54, 1.807) is 18.3 Å². The molecule has 0 atom stereocenters. The molecule has 172 valence electrons. The third kappa shape index (κ3) is 4.86.